The summed E-state index contributed by atoms with van der Waals surface area (Å²) in [5, 5.41) is 7.69. The Hall–Kier alpha value is -0.960. The summed E-state index contributed by atoms with van der Waals surface area (Å²) in [6.07, 6.45) is -0.104. The second kappa shape index (κ2) is 5.79. The van der Waals surface area contributed by atoms with Crippen LogP contribution in [0.5, 0.6) is 0 Å². The van der Waals surface area contributed by atoms with E-state index < -0.39 is 10.0 Å². The molecule has 0 saturated carbocycles. The van der Waals surface area contributed by atoms with E-state index in [1.807, 2.05) is 6.92 Å². The second-order valence-electron chi connectivity index (χ2n) is 3.83. The highest BCUT2D eigenvalue weighted by molar-refractivity contribution is 7.89. The van der Waals surface area contributed by atoms with E-state index in [2.05, 4.69) is 5.32 Å². The van der Waals surface area contributed by atoms with E-state index in [1.165, 1.54) is 6.07 Å². The van der Waals surface area contributed by atoms with E-state index in [0.29, 0.717) is 16.3 Å². The minimum Gasteiger partial charge on any atom is -0.380 e. The number of thiophene rings is 1. The highest BCUT2D eigenvalue weighted by atomic mass is 32.2. The molecule has 0 spiro atoms. The highest BCUT2D eigenvalue weighted by Crippen LogP contribution is 2.24. The number of hydrogen-bond donors (Lipinski definition) is 2. The van der Waals surface area contributed by atoms with Crippen LogP contribution in [0.1, 0.15) is 21.5 Å². The first-order valence-electron chi connectivity index (χ1n) is 5.20. The third-order valence-electron chi connectivity index (χ3n) is 2.35. The van der Waals surface area contributed by atoms with Gasteiger partial charge in [0.2, 0.25) is 10.0 Å². The maximum atomic E-state index is 11.8. The quantitative estimate of drug-likeness (QED) is 0.824. The molecule has 0 fully saturated rings. The molecule has 1 unspecified atom stereocenters. The summed E-state index contributed by atoms with van der Waals surface area (Å²) >= 11 is 1.10. The van der Waals surface area contributed by atoms with Gasteiger partial charge in [0.1, 0.15) is 0 Å². The largest absolute Gasteiger partial charge is 0.380 e. The molecular formula is C10H16N2O4S2. The summed E-state index contributed by atoms with van der Waals surface area (Å²) < 4.78 is 27.5. The van der Waals surface area contributed by atoms with Gasteiger partial charge in [0.05, 0.1) is 15.9 Å². The van der Waals surface area contributed by atoms with Crippen molar-refractivity contribution < 1.29 is 17.9 Å². The Kier molecular flexibility index (Phi) is 4.85. The van der Waals surface area contributed by atoms with E-state index in [0.717, 1.165) is 11.3 Å². The fourth-order valence-corrected chi connectivity index (χ4v) is 3.33. The third kappa shape index (κ3) is 3.77. The number of amides is 1. The molecule has 0 radical (unpaired) electrons. The van der Waals surface area contributed by atoms with Crippen molar-refractivity contribution in [1.29, 1.82) is 0 Å². The molecule has 0 aliphatic rings. The van der Waals surface area contributed by atoms with Crippen LogP contribution in [0.3, 0.4) is 0 Å². The molecule has 0 saturated heterocycles. The SMILES string of the molecule is COC(C)CNC(=O)c1cc(S(N)(=O)=O)c(C)s1. The lowest BCUT2D eigenvalue weighted by Gasteiger charge is -2.09. The number of rotatable bonds is 5. The summed E-state index contributed by atoms with van der Waals surface area (Å²) in [6.45, 7) is 3.78. The molecule has 1 heterocycles. The van der Waals surface area contributed by atoms with Gasteiger partial charge in [0.15, 0.2) is 0 Å². The summed E-state index contributed by atoms with van der Waals surface area (Å²) in [6, 6.07) is 1.29. The first-order valence-corrected chi connectivity index (χ1v) is 7.56. The number of aryl methyl sites for hydroxylation is 1. The van der Waals surface area contributed by atoms with Crippen LogP contribution in [0.25, 0.3) is 0 Å². The molecule has 6 nitrogen and oxygen atoms in total. The Morgan fingerprint density at radius 1 is 1.61 bits per heavy atom. The Morgan fingerprint density at radius 3 is 2.67 bits per heavy atom. The monoisotopic (exact) mass is 292 g/mol. The zero-order chi connectivity index (χ0) is 13.9. The van der Waals surface area contributed by atoms with Gasteiger partial charge in [-0.25, -0.2) is 13.6 Å². The fourth-order valence-electron chi connectivity index (χ4n) is 1.27. The van der Waals surface area contributed by atoms with Crippen LogP contribution in [0.2, 0.25) is 0 Å². The van der Waals surface area contributed by atoms with E-state index in [9.17, 15) is 13.2 Å². The number of hydrogen-bond acceptors (Lipinski definition) is 5. The standard InChI is InChI=1S/C10H16N2O4S2/c1-6(16-3)5-12-10(13)8-4-9(7(2)17-8)18(11,14)15/h4,6H,5H2,1-3H3,(H,12,13)(H2,11,14,15). The minimum atomic E-state index is -3.78. The first kappa shape index (κ1) is 15.1. The van der Waals surface area contributed by atoms with Gasteiger partial charge in [0.25, 0.3) is 5.91 Å². The van der Waals surface area contributed by atoms with Crippen molar-refractivity contribution in [3.63, 3.8) is 0 Å². The van der Waals surface area contributed by atoms with Crippen molar-refractivity contribution in [2.75, 3.05) is 13.7 Å². The fraction of sp³-hybridized carbons (Fsp3) is 0.500. The molecule has 102 valence electrons. The number of carbonyl (C=O) groups is 1. The Bertz CT molecular complexity index is 536. The zero-order valence-electron chi connectivity index (χ0n) is 10.4. The number of sulfonamides is 1. The van der Waals surface area contributed by atoms with Gasteiger partial charge in [-0.2, -0.15) is 0 Å². The molecule has 3 N–H and O–H groups in total. The molecule has 0 aliphatic heterocycles. The molecule has 1 amide bonds. The third-order valence-corrected chi connectivity index (χ3v) is 4.57. The van der Waals surface area contributed by atoms with Crippen LogP contribution >= 0.6 is 11.3 Å². The molecule has 18 heavy (non-hydrogen) atoms. The number of primary sulfonamides is 1. The van der Waals surface area contributed by atoms with Crippen molar-refractivity contribution in [1.82, 2.24) is 5.32 Å². The number of carbonyl (C=O) groups excluding carboxylic acids is 1. The topological polar surface area (TPSA) is 98.5 Å². The zero-order valence-corrected chi connectivity index (χ0v) is 12.0. The van der Waals surface area contributed by atoms with Crippen molar-refractivity contribution in [2.24, 2.45) is 5.14 Å². The summed E-state index contributed by atoms with van der Waals surface area (Å²) in [5.41, 5.74) is 0. The maximum absolute atomic E-state index is 11.8. The van der Waals surface area contributed by atoms with Crippen LogP contribution in [-0.4, -0.2) is 34.1 Å². The van der Waals surface area contributed by atoms with Crippen LogP contribution < -0.4 is 10.5 Å². The van der Waals surface area contributed by atoms with Crippen LogP contribution in [0, 0.1) is 6.92 Å². The Balaban J connectivity index is 2.83. The van der Waals surface area contributed by atoms with Gasteiger partial charge < -0.3 is 10.1 Å². The van der Waals surface area contributed by atoms with Crippen LogP contribution in [0.15, 0.2) is 11.0 Å². The van der Waals surface area contributed by atoms with E-state index >= 15 is 0 Å². The molecule has 0 aromatic carbocycles. The average molecular weight is 292 g/mol. The van der Waals surface area contributed by atoms with E-state index in [-0.39, 0.29) is 16.9 Å². The molecule has 1 aromatic heterocycles. The molecule has 8 heteroatoms. The van der Waals surface area contributed by atoms with Gasteiger partial charge in [-0.15, -0.1) is 11.3 Å². The first-order chi connectivity index (χ1) is 8.25. The molecule has 0 bridgehead atoms. The second-order valence-corrected chi connectivity index (χ2v) is 6.62. The van der Waals surface area contributed by atoms with Gasteiger partial charge in [0, 0.05) is 18.5 Å². The van der Waals surface area contributed by atoms with Gasteiger partial charge in [-0.3, -0.25) is 4.79 Å². The predicted molar refractivity (Wildman–Crippen MR) is 69.2 cm³/mol. The van der Waals surface area contributed by atoms with E-state index in [4.69, 9.17) is 9.88 Å². The normalized spacial score (nSPS) is 13.3. The summed E-state index contributed by atoms with van der Waals surface area (Å²) in [4.78, 5) is 12.6. The van der Waals surface area contributed by atoms with Crippen molar-refractivity contribution in [2.45, 2.75) is 24.8 Å². The number of methoxy groups -OCH3 is 1. The van der Waals surface area contributed by atoms with Crippen molar-refractivity contribution in [3.05, 3.63) is 15.8 Å². The maximum Gasteiger partial charge on any atom is 0.261 e. The van der Waals surface area contributed by atoms with Crippen molar-refractivity contribution in [3.8, 4) is 0 Å². The number of nitrogens with two attached hydrogens (primary N) is 1. The number of nitrogens with one attached hydrogen (secondary N) is 1. The lowest BCUT2D eigenvalue weighted by Crippen LogP contribution is -2.31. The van der Waals surface area contributed by atoms with E-state index in [1.54, 1.807) is 14.0 Å². The average Bonchev–Trinajstić information content (AvgIpc) is 2.67. The van der Waals surface area contributed by atoms with Crippen LogP contribution in [0.4, 0.5) is 0 Å². The molecule has 1 aromatic rings. The minimum absolute atomic E-state index is 0.00237. The van der Waals surface area contributed by atoms with Crippen molar-refractivity contribution >= 4 is 27.3 Å². The van der Waals surface area contributed by atoms with Crippen LogP contribution in [-0.2, 0) is 14.8 Å². The lowest BCUT2D eigenvalue weighted by molar-refractivity contribution is 0.0874. The highest BCUT2D eigenvalue weighted by Gasteiger charge is 2.19. The molecule has 0 aliphatic carbocycles. The Labute approximate surface area is 110 Å². The smallest absolute Gasteiger partial charge is 0.261 e. The summed E-state index contributed by atoms with van der Waals surface area (Å²) in [7, 11) is -2.23. The van der Waals surface area contributed by atoms with Gasteiger partial charge in [-0.1, -0.05) is 0 Å². The molecule has 1 atom stereocenters. The molecule has 1 rings (SSSR count). The lowest BCUT2D eigenvalue weighted by atomic mass is 10.3. The number of ether oxygens (including phenoxy) is 1. The summed E-state index contributed by atoms with van der Waals surface area (Å²) in [5.74, 6) is -0.332. The van der Waals surface area contributed by atoms with Gasteiger partial charge in [-0.05, 0) is 19.9 Å². The predicted octanol–water partition coefficient (Wildman–Crippen LogP) is 0.469. The Morgan fingerprint density at radius 2 is 2.22 bits per heavy atom. The van der Waals surface area contributed by atoms with Gasteiger partial charge >= 0.3 is 0 Å². The molecular weight excluding hydrogens is 276 g/mol.